The molecule has 3 N–H and O–H groups in total. The van der Waals surface area contributed by atoms with E-state index in [1.54, 1.807) is 12.1 Å². The van der Waals surface area contributed by atoms with E-state index in [0.29, 0.717) is 11.6 Å². The second kappa shape index (κ2) is 4.40. The minimum atomic E-state index is -3.45. The van der Waals surface area contributed by atoms with Crippen molar-refractivity contribution in [2.24, 2.45) is 5.14 Å². The molecule has 0 bridgehead atoms. The fourth-order valence-electron chi connectivity index (χ4n) is 1.48. The van der Waals surface area contributed by atoms with Crippen molar-refractivity contribution in [3.8, 4) is 0 Å². The molecule has 0 atom stereocenters. The van der Waals surface area contributed by atoms with E-state index in [2.05, 4.69) is 5.32 Å². The van der Waals surface area contributed by atoms with Crippen LogP contribution in [-0.2, 0) is 20.5 Å². The number of nitrogens with two attached hydrogens (primary N) is 1. The van der Waals surface area contributed by atoms with E-state index in [1.807, 2.05) is 12.1 Å². The number of primary sulfonamides is 1. The van der Waals surface area contributed by atoms with Crippen LogP contribution >= 0.6 is 0 Å². The van der Waals surface area contributed by atoms with Crippen molar-refractivity contribution >= 4 is 15.7 Å². The smallest absolute Gasteiger partial charge is 0.213 e. The van der Waals surface area contributed by atoms with Gasteiger partial charge in [-0.05, 0) is 17.7 Å². The molecule has 1 heterocycles. The highest BCUT2D eigenvalue weighted by atomic mass is 32.2. The first-order chi connectivity index (χ1) is 7.53. The van der Waals surface area contributed by atoms with E-state index in [-0.39, 0.29) is 5.75 Å². The van der Waals surface area contributed by atoms with E-state index in [4.69, 9.17) is 9.88 Å². The predicted molar refractivity (Wildman–Crippen MR) is 61.5 cm³/mol. The number of sulfonamides is 1. The first-order valence-electron chi connectivity index (χ1n) is 4.97. The number of ether oxygens (including phenoxy) is 1. The van der Waals surface area contributed by atoms with Gasteiger partial charge in [0.2, 0.25) is 10.0 Å². The molecule has 6 heteroatoms. The molecule has 1 aliphatic heterocycles. The molecule has 1 aliphatic rings. The molecule has 0 aliphatic carbocycles. The molecule has 0 spiro atoms. The maximum absolute atomic E-state index is 10.9. The average Bonchev–Trinajstić information content (AvgIpc) is 2.11. The zero-order valence-corrected chi connectivity index (χ0v) is 9.53. The summed E-state index contributed by atoms with van der Waals surface area (Å²) in [6.45, 7) is 1.44. The molecular formula is C10H14N2O3S. The molecular weight excluding hydrogens is 228 g/mol. The van der Waals surface area contributed by atoms with Crippen LogP contribution in [0.2, 0.25) is 0 Å². The normalized spacial score (nSPS) is 16.8. The lowest BCUT2D eigenvalue weighted by atomic mass is 10.2. The fourth-order valence-corrected chi connectivity index (χ4v) is 2.14. The molecule has 1 fully saturated rings. The van der Waals surface area contributed by atoms with Gasteiger partial charge in [0.15, 0.2) is 0 Å². The highest BCUT2D eigenvalue weighted by Gasteiger charge is 2.17. The van der Waals surface area contributed by atoms with Crippen LogP contribution in [0.25, 0.3) is 0 Å². The Morgan fingerprint density at radius 2 is 1.94 bits per heavy atom. The van der Waals surface area contributed by atoms with Gasteiger partial charge in [-0.2, -0.15) is 0 Å². The molecule has 0 unspecified atom stereocenters. The second-order valence-corrected chi connectivity index (χ2v) is 5.50. The Hall–Kier alpha value is -1.11. The van der Waals surface area contributed by atoms with Gasteiger partial charge in [-0.25, -0.2) is 13.6 Å². The third-order valence-corrected chi connectivity index (χ3v) is 3.07. The summed E-state index contributed by atoms with van der Waals surface area (Å²) in [5.74, 6) is -0.125. The lowest BCUT2D eigenvalue weighted by Gasteiger charge is -2.27. The Bertz CT molecular complexity index is 451. The Morgan fingerprint density at radius 1 is 1.31 bits per heavy atom. The SMILES string of the molecule is NS(=O)(=O)Cc1ccc(NC2COC2)cc1. The number of benzene rings is 1. The number of rotatable bonds is 4. The maximum atomic E-state index is 10.9. The van der Waals surface area contributed by atoms with Gasteiger partial charge >= 0.3 is 0 Å². The molecule has 1 saturated heterocycles. The van der Waals surface area contributed by atoms with Crippen LogP contribution in [0.4, 0.5) is 5.69 Å². The van der Waals surface area contributed by atoms with E-state index in [9.17, 15) is 8.42 Å². The second-order valence-electron chi connectivity index (χ2n) is 3.88. The summed E-state index contributed by atoms with van der Waals surface area (Å²) < 4.78 is 26.8. The van der Waals surface area contributed by atoms with E-state index < -0.39 is 10.0 Å². The first-order valence-corrected chi connectivity index (χ1v) is 6.68. The van der Waals surface area contributed by atoms with Crippen molar-refractivity contribution in [2.45, 2.75) is 11.8 Å². The third-order valence-electron chi connectivity index (χ3n) is 2.33. The maximum Gasteiger partial charge on any atom is 0.213 e. The van der Waals surface area contributed by atoms with Crippen LogP contribution in [0, 0.1) is 0 Å². The summed E-state index contributed by atoms with van der Waals surface area (Å²) >= 11 is 0. The van der Waals surface area contributed by atoms with Crippen molar-refractivity contribution < 1.29 is 13.2 Å². The summed E-state index contributed by atoms with van der Waals surface area (Å²) in [5.41, 5.74) is 1.66. The average molecular weight is 242 g/mol. The summed E-state index contributed by atoms with van der Waals surface area (Å²) in [6, 6.07) is 7.57. The Morgan fingerprint density at radius 3 is 2.38 bits per heavy atom. The third kappa shape index (κ3) is 3.19. The lowest BCUT2D eigenvalue weighted by molar-refractivity contribution is 0.0211. The number of hydrogen-bond acceptors (Lipinski definition) is 4. The number of hydrogen-bond donors (Lipinski definition) is 2. The van der Waals surface area contributed by atoms with Crippen molar-refractivity contribution in [3.05, 3.63) is 29.8 Å². The molecule has 0 amide bonds. The lowest BCUT2D eigenvalue weighted by Crippen LogP contribution is -2.40. The number of anilines is 1. The van der Waals surface area contributed by atoms with E-state index in [1.165, 1.54) is 0 Å². The van der Waals surface area contributed by atoms with Gasteiger partial charge in [0.05, 0.1) is 25.0 Å². The Kier molecular flexibility index (Phi) is 3.13. The van der Waals surface area contributed by atoms with E-state index >= 15 is 0 Å². The summed E-state index contributed by atoms with van der Waals surface area (Å²) in [7, 11) is -3.45. The molecule has 1 aromatic carbocycles. The monoisotopic (exact) mass is 242 g/mol. The van der Waals surface area contributed by atoms with Crippen LogP contribution in [0.5, 0.6) is 0 Å². The molecule has 5 nitrogen and oxygen atoms in total. The Balaban J connectivity index is 1.98. The highest BCUT2D eigenvalue weighted by Crippen LogP contribution is 2.14. The molecule has 0 saturated carbocycles. The topological polar surface area (TPSA) is 81.4 Å². The summed E-state index contributed by atoms with van der Waals surface area (Å²) in [5, 5.41) is 8.22. The van der Waals surface area contributed by atoms with Gasteiger partial charge in [-0.3, -0.25) is 0 Å². The minimum Gasteiger partial charge on any atom is -0.378 e. The van der Waals surface area contributed by atoms with Gasteiger partial charge in [-0.15, -0.1) is 0 Å². The molecule has 1 aromatic rings. The molecule has 16 heavy (non-hydrogen) atoms. The van der Waals surface area contributed by atoms with Crippen LogP contribution in [-0.4, -0.2) is 27.7 Å². The fraction of sp³-hybridized carbons (Fsp3) is 0.400. The number of nitrogens with one attached hydrogen (secondary N) is 1. The van der Waals surface area contributed by atoms with Gasteiger partial charge in [-0.1, -0.05) is 12.1 Å². The highest BCUT2D eigenvalue weighted by molar-refractivity contribution is 7.88. The summed E-state index contributed by atoms with van der Waals surface area (Å²) in [6.07, 6.45) is 0. The van der Waals surface area contributed by atoms with Crippen LogP contribution < -0.4 is 10.5 Å². The van der Waals surface area contributed by atoms with Crippen molar-refractivity contribution in [1.82, 2.24) is 0 Å². The zero-order chi connectivity index (χ0) is 11.6. The minimum absolute atomic E-state index is 0.125. The van der Waals surface area contributed by atoms with Crippen molar-refractivity contribution in [3.63, 3.8) is 0 Å². The summed E-state index contributed by atoms with van der Waals surface area (Å²) in [4.78, 5) is 0. The molecule has 2 rings (SSSR count). The van der Waals surface area contributed by atoms with Gasteiger partial charge < -0.3 is 10.1 Å². The van der Waals surface area contributed by atoms with Gasteiger partial charge in [0.1, 0.15) is 0 Å². The van der Waals surface area contributed by atoms with Crippen molar-refractivity contribution in [1.29, 1.82) is 0 Å². The van der Waals surface area contributed by atoms with Crippen molar-refractivity contribution in [2.75, 3.05) is 18.5 Å². The standard InChI is InChI=1S/C10H14N2O3S/c11-16(13,14)7-8-1-3-9(4-2-8)12-10-5-15-6-10/h1-4,10,12H,5-7H2,(H2,11,13,14). The molecule has 0 aromatic heterocycles. The molecule has 0 radical (unpaired) electrons. The van der Waals surface area contributed by atoms with Gasteiger partial charge in [0.25, 0.3) is 0 Å². The molecule has 88 valence electrons. The van der Waals surface area contributed by atoms with Gasteiger partial charge in [0, 0.05) is 5.69 Å². The van der Waals surface area contributed by atoms with E-state index in [0.717, 1.165) is 18.9 Å². The zero-order valence-electron chi connectivity index (χ0n) is 8.72. The van der Waals surface area contributed by atoms with Crippen LogP contribution in [0.3, 0.4) is 0 Å². The van der Waals surface area contributed by atoms with Crippen LogP contribution in [0.1, 0.15) is 5.56 Å². The largest absolute Gasteiger partial charge is 0.378 e. The first kappa shape index (κ1) is 11.4. The van der Waals surface area contributed by atoms with Crippen LogP contribution in [0.15, 0.2) is 24.3 Å². The Labute approximate surface area is 94.6 Å². The predicted octanol–water partition coefficient (Wildman–Crippen LogP) is 0.286. The quantitative estimate of drug-likeness (QED) is 0.795.